The molecule has 0 radical (unpaired) electrons. The average Bonchev–Trinajstić information content (AvgIpc) is 2.26. The molecule has 1 aromatic rings. The Balaban J connectivity index is 1.94. The molecule has 1 atom stereocenters. The summed E-state index contributed by atoms with van der Waals surface area (Å²) in [5.74, 6) is -0.271. The third-order valence-electron chi connectivity index (χ3n) is 4.20. The lowest BCUT2D eigenvalue weighted by Crippen LogP contribution is -2.56. The number of likely N-dealkylation sites (N-methyl/N-ethyl adjacent to an activating group) is 1. The molecule has 100 valence electrons. The van der Waals surface area contributed by atoms with E-state index in [1.807, 2.05) is 0 Å². The van der Waals surface area contributed by atoms with Gasteiger partial charge in [-0.1, -0.05) is 0 Å². The van der Waals surface area contributed by atoms with Crippen molar-refractivity contribution in [2.45, 2.75) is 37.8 Å². The summed E-state index contributed by atoms with van der Waals surface area (Å²) in [5, 5.41) is 3.50. The van der Waals surface area contributed by atoms with Gasteiger partial charge in [0, 0.05) is 24.3 Å². The smallest absolute Gasteiger partial charge is 0.141 e. The second-order valence-electron chi connectivity index (χ2n) is 5.51. The summed E-state index contributed by atoms with van der Waals surface area (Å²) in [4.78, 5) is 6.20. The molecular formula is C14H22FN3. The number of rotatable bonds is 5. The van der Waals surface area contributed by atoms with E-state index in [9.17, 15) is 4.39 Å². The van der Waals surface area contributed by atoms with Crippen LogP contribution in [-0.2, 0) is 0 Å². The van der Waals surface area contributed by atoms with E-state index in [0.717, 1.165) is 12.1 Å². The van der Waals surface area contributed by atoms with Gasteiger partial charge in [-0.3, -0.25) is 4.98 Å². The van der Waals surface area contributed by atoms with Gasteiger partial charge in [-0.2, -0.15) is 0 Å². The number of hydrogen-bond acceptors (Lipinski definition) is 3. The van der Waals surface area contributed by atoms with Gasteiger partial charge in [-0.05, 0) is 51.9 Å². The highest BCUT2D eigenvalue weighted by Gasteiger charge is 2.38. The lowest BCUT2D eigenvalue weighted by Gasteiger charge is -2.48. The molecule has 0 bridgehead atoms. The van der Waals surface area contributed by atoms with Crippen LogP contribution in [0.25, 0.3) is 0 Å². The van der Waals surface area contributed by atoms with E-state index in [0.29, 0.717) is 0 Å². The molecule has 1 unspecified atom stereocenters. The monoisotopic (exact) mass is 251 g/mol. The molecule has 1 aliphatic carbocycles. The molecule has 0 saturated heterocycles. The summed E-state index contributed by atoms with van der Waals surface area (Å²) in [6.07, 6.45) is 6.74. The Hall–Kier alpha value is -1.00. The minimum Gasteiger partial charge on any atom is -0.308 e. The third-order valence-corrected chi connectivity index (χ3v) is 4.20. The van der Waals surface area contributed by atoms with Gasteiger partial charge in [-0.15, -0.1) is 0 Å². The van der Waals surface area contributed by atoms with Gasteiger partial charge in [0.15, 0.2) is 0 Å². The van der Waals surface area contributed by atoms with E-state index < -0.39 is 0 Å². The first kappa shape index (κ1) is 13.4. The SMILES string of the molecule is CC(NCC1(N(C)C)CCC1)c1cncc(F)c1. The molecular weight excluding hydrogens is 229 g/mol. The molecule has 1 saturated carbocycles. The predicted octanol–water partition coefficient (Wildman–Crippen LogP) is 2.36. The Morgan fingerprint density at radius 2 is 2.17 bits per heavy atom. The quantitative estimate of drug-likeness (QED) is 0.870. The van der Waals surface area contributed by atoms with E-state index in [2.05, 4.69) is 36.2 Å². The van der Waals surface area contributed by atoms with Crippen LogP contribution < -0.4 is 5.32 Å². The van der Waals surface area contributed by atoms with Crippen LogP contribution in [0.5, 0.6) is 0 Å². The van der Waals surface area contributed by atoms with E-state index in [-0.39, 0.29) is 17.4 Å². The number of pyridine rings is 1. The molecule has 0 spiro atoms. The maximum atomic E-state index is 13.1. The minimum absolute atomic E-state index is 0.130. The summed E-state index contributed by atoms with van der Waals surface area (Å²) in [6, 6.07) is 1.68. The third kappa shape index (κ3) is 2.70. The zero-order chi connectivity index (χ0) is 13.2. The van der Waals surface area contributed by atoms with Crippen LogP contribution in [-0.4, -0.2) is 36.1 Å². The fourth-order valence-corrected chi connectivity index (χ4v) is 2.49. The molecule has 0 amide bonds. The normalized spacial score (nSPS) is 19.6. The van der Waals surface area contributed by atoms with Gasteiger partial charge in [0.05, 0.1) is 6.20 Å². The largest absolute Gasteiger partial charge is 0.308 e. The first-order valence-electron chi connectivity index (χ1n) is 6.55. The summed E-state index contributed by atoms with van der Waals surface area (Å²) < 4.78 is 13.1. The Morgan fingerprint density at radius 1 is 1.44 bits per heavy atom. The lowest BCUT2D eigenvalue weighted by atomic mass is 9.75. The number of nitrogens with zero attached hydrogens (tertiary/aromatic N) is 2. The van der Waals surface area contributed by atoms with Crippen molar-refractivity contribution in [1.82, 2.24) is 15.2 Å². The van der Waals surface area contributed by atoms with Gasteiger partial charge in [-0.25, -0.2) is 4.39 Å². The Labute approximate surface area is 108 Å². The van der Waals surface area contributed by atoms with E-state index in [1.54, 1.807) is 12.3 Å². The Bertz CT molecular complexity index is 402. The zero-order valence-corrected chi connectivity index (χ0v) is 11.4. The number of nitrogens with one attached hydrogen (secondary N) is 1. The zero-order valence-electron chi connectivity index (χ0n) is 11.4. The van der Waals surface area contributed by atoms with E-state index >= 15 is 0 Å². The highest BCUT2D eigenvalue weighted by Crippen LogP contribution is 2.35. The van der Waals surface area contributed by atoms with Crippen LogP contribution in [0, 0.1) is 5.82 Å². The highest BCUT2D eigenvalue weighted by molar-refractivity contribution is 5.14. The van der Waals surface area contributed by atoms with Crippen LogP contribution in [0.2, 0.25) is 0 Å². The first-order chi connectivity index (χ1) is 8.53. The topological polar surface area (TPSA) is 28.2 Å². The maximum absolute atomic E-state index is 13.1. The van der Waals surface area contributed by atoms with Crippen LogP contribution in [0.4, 0.5) is 4.39 Å². The van der Waals surface area contributed by atoms with E-state index in [1.165, 1.54) is 25.5 Å². The Kier molecular flexibility index (Phi) is 3.97. The average molecular weight is 251 g/mol. The van der Waals surface area contributed by atoms with Crippen molar-refractivity contribution in [1.29, 1.82) is 0 Å². The molecule has 1 aliphatic rings. The molecule has 4 heteroatoms. The Morgan fingerprint density at radius 3 is 2.67 bits per heavy atom. The molecule has 1 aromatic heterocycles. The molecule has 0 aromatic carbocycles. The van der Waals surface area contributed by atoms with Crippen molar-refractivity contribution in [2.24, 2.45) is 0 Å². The predicted molar refractivity (Wildman–Crippen MR) is 70.9 cm³/mol. The molecule has 1 heterocycles. The van der Waals surface area contributed by atoms with Crippen molar-refractivity contribution in [3.05, 3.63) is 29.8 Å². The van der Waals surface area contributed by atoms with Crippen molar-refractivity contribution in [2.75, 3.05) is 20.6 Å². The van der Waals surface area contributed by atoms with Gasteiger partial charge in [0.2, 0.25) is 0 Å². The van der Waals surface area contributed by atoms with Crippen LogP contribution in [0.15, 0.2) is 18.5 Å². The molecule has 0 aliphatic heterocycles. The fraction of sp³-hybridized carbons (Fsp3) is 0.643. The standard InChI is InChI=1S/C14H22FN3/c1-11(12-7-13(15)9-16-8-12)17-10-14(18(2)3)5-4-6-14/h7-9,11,17H,4-6,10H2,1-3H3. The van der Waals surface area contributed by atoms with Crippen LogP contribution in [0.3, 0.4) is 0 Å². The van der Waals surface area contributed by atoms with Crippen LogP contribution >= 0.6 is 0 Å². The van der Waals surface area contributed by atoms with Crippen molar-refractivity contribution in [3.63, 3.8) is 0 Å². The van der Waals surface area contributed by atoms with Gasteiger partial charge in [0.1, 0.15) is 5.82 Å². The fourth-order valence-electron chi connectivity index (χ4n) is 2.49. The molecule has 3 nitrogen and oxygen atoms in total. The van der Waals surface area contributed by atoms with Gasteiger partial charge >= 0.3 is 0 Å². The summed E-state index contributed by atoms with van der Waals surface area (Å²) in [5.41, 5.74) is 1.19. The molecule has 2 rings (SSSR count). The van der Waals surface area contributed by atoms with Crippen LogP contribution in [0.1, 0.15) is 37.8 Å². The molecule has 1 N–H and O–H groups in total. The molecule has 1 fully saturated rings. The lowest BCUT2D eigenvalue weighted by molar-refractivity contribution is 0.0576. The second-order valence-corrected chi connectivity index (χ2v) is 5.51. The maximum Gasteiger partial charge on any atom is 0.141 e. The number of halogens is 1. The summed E-state index contributed by atoms with van der Waals surface area (Å²) in [7, 11) is 4.27. The van der Waals surface area contributed by atoms with E-state index in [4.69, 9.17) is 0 Å². The second kappa shape index (κ2) is 5.33. The van der Waals surface area contributed by atoms with Crippen molar-refractivity contribution < 1.29 is 4.39 Å². The highest BCUT2D eigenvalue weighted by atomic mass is 19.1. The first-order valence-corrected chi connectivity index (χ1v) is 6.55. The number of hydrogen-bond donors (Lipinski definition) is 1. The van der Waals surface area contributed by atoms with Gasteiger partial charge < -0.3 is 10.2 Å². The van der Waals surface area contributed by atoms with Crippen molar-refractivity contribution >= 4 is 0 Å². The summed E-state index contributed by atoms with van der Waals surface area (Å²) >= 11 is 0. The number of aromatic nitrogens is 1. The van der Waals surface area contributed by atoms with Crippen molar-refractivity contribution in [3.8, 4) is 0 Å². The minimum atomic E-state index is -0.271. The summed E-state index contributed by atoms with van der Waals surface area (Å²) in [6.45, 7) is 3.00. The van der Waals surface area contributed by atoms with Gasteiger partial charge in [0.25, 0.3) is 0 Å². The molecule has 18 heavy (non-hydrogen) atoms.